The molecule has 1 unspecified atom stereocenters. The Balaban J connectivity index is 3.01. The number of ether oxygens (including phenoxy) is 1. The summed E-state index contributed by atoms with van der Waals surface area (Å²) in [6.45, 7) is 10.2. The van der Waals surface area contributed by atoms with Gasteiger partial charge in [-0.1, -0.05) is 20.3 Å². The molecule has 0 aromatic heterocycles. The second kappa shape index (κ2) is 5.61. The van der Waals surface area contributed by atoms with Crippen molar-refractivity contribution in [3.05, 3.63) is 23.8 Å². The number of rotatable bonds is 4. The quantitative estimate of drug-likeness (QED) is 0.859. The van der Waals surface area contributed by atoms with Crippen molar-refractivity contribution in [2.45, 2.75) is 52.7 Å². The van der Waals surface area contributed by atoms with E-state index in [9.17, 15) is 5.11 Å². The van der Waals surface area contributed by atoms with Crippen molar-refractivity contribution in [1.29, 1.82) is 0 Å². The third-order valence-electron chi connectivity index (χ3n) is 3.04. The second-order valence-corrected chi connectivity index (χ2v) is 5.85. The van der Waals surface area contributed by atoms with Crippen LogP contribution < -0.4 is 10.5 Å². The lowest BCUT2D eigenvalue weighted by Crippen LogP contribution is -2.23. The van der Waals surface area contributed by atoms with Crippen molar-refractivity contribution in [3.8, 4) is 11.5 Å². The van der Waals surface area contributed by atoms with Gasteiger partial charge in [0.1, 0.15) is 17.1 Å². The molecule has 2 atom stereocenters. The van der Waals surface area contributed by atoms with Crippen LogP contribution in [-0.2, 0) is 0 Å². The number of phenolic OH excluding ortho intramolecular Hbond substituents is 1. The molecule has 0 saturated carbocycles. The Labute approximate surface area is 110 Å². The summed E-state index contributed by atoms with van der Waals surface area (Å²) in [4.78, 5) is 0. The summed E-state index contributed by atoms with van der Waals surface area (Å²) in [6.07, 6.45) is 0.977. The molecule has 0 amide bonds. The molecule has 0 fully saturated rings. The molecule has 0 saturated heterocycles. The van der Waals surface area contributed by atoms with Gasteiger partial charge in [-0.25, -0.2) is 0 Å². The lowest BCUT2D eigenvalue weighted by atomic mass is 9.92. The van der Waals surface area contributed by atoms with Crippen LogP contribution in [0.15, 0.2) is 18.2 Å². The molecule has 0 aliphatic carbocycles. The van der Waals surface area contributed by atoms with Gasteiger partial charge in [0.15, 0.2) is 0 Å². The fraction of sp³-hybridized carbons (Fsp3) is 0.600. The van der Waals surface area contributed by atoms with E-state index < -0.39 is 0 Å². The zero-order valence-corrected chi connectivity index (χ0v) is 12.0. The molecule has 1 rings (SSSR count). The monoisotopic (exact) mass is 251 g/mol. The maximum absolute atomic E-state index is 9.91. The molecule has 0 aliphatic rings. The van der Waals surface area contributed by atoms with Gasteiger partial charge < -0.3 is 15.6 Å². The third-order valence-corrected chi connectivity index (χ3v) is 3.04. The van der Waals surface area contributed by atoms with Crippen LogP contribution >= 0.6 is 0 Å². The predicted molar refractivity (Wildman–Crippen MR) is 74.9 cm³/mol. The minimum atomic E-state index is -0.255. The van der Waals surface area contributed by atoms with Gasteiger partial charge in [-0.2, -0.15) is 0 Å². The first kappa shape index (κ1) is 14.8. The van der Waals surface area contributed by atoms with E-state index in [-0.39, 0.29) is 17.4 Å². The van der Waals surface area contributed by atoms with E-state index in [1.54, 1.807) is 12.1 Å². The highest BCUT2D eigenvalue weighted by Crippen LogP contribution is 2.33. The molecule has 0 bridgehead atoms. The fourth-order valence-electron chi connectivity index (χ4n) is 1.78. The molecule has 18 heavy (non-hydrogen) atoms. The van der Waals surface area contributed by atoms with Gasteiger partial charge in [0, 0.05) is 11.6 Å². The molecular formula is C15H25NO2. The summed E-state index contributed by atoms with van der Waals surface area (Å²) in [5.74, 6) is 1.30. The van der Waals surface area contributed by atoms with Crippen LogP contribution in [0, 0.1) is 5.92 Å². The molecule has 1 aromatic carbocycles. The zero-order valence-electron chi connectivity index (χ0n) is 12.0. The van der Waals surface area contributed by atoms with Crippen molar-refractivity contribution in [2.75, 3.05) is 0 Å². The Morgan fingerprint density at radius 3 is 2.44 bits per heavy atom. The zero-order chi connectivity index (χ0) is 13.9. The first-order valence-electron chi connectivity index (χ1n) is 6.52. The normalized spacial score (nSPS) is 15.2. The van der Waals surface area contributed by atoms with Crippen molar-refractivity contribution < 1.29 is 9.84 Å². The molecule has 102 valence electrons. The average molecular weight is 251 g/mol. The molecular weight excluding hydrogens is 226 g/mol. The Morgan fingerprint density at radius 1 is 1.33 bits per heavy atom. The first-order valence-corrected chi connectivity index (χ1v) is 6.52. The van der Waals surface area contributed by atoms with E-state index in [4.69, 9.17) is 10.5 Å². The van der Waals surface area contributed by atoms with Gasteiger partial charge in [-0.3, -0.25) is 0 Å². The van der Waals surface area contributed by atoms with Crippen LogP contribution in [0.4, 0.5) is 0 Å². The van der Waals surface area contributed by atoms with Gasteiger partial charge in [0.05, 0.1) is 0 Å². The molecule has 0 radical (unpaired) electrons. The Bertz CT molecular complexity index is 396. The maximum atomic E-state index is 9.91. The first-order chi connectivity index (χ1) is 8.24. The van der Waals surface area contributed by atoms with E-state index in [1.807, 2.05) is 26.8 Å². The highest BCUT2D eigenvalue weighted by Gasteiger charge is 2.19. The largest absolute Gasteiger partial charge is 0.508 e. The number of hydrogen-bond acceptors (Lipinski definition) is 3. The van der Waals surface area contributed by atoms with E-state index in [0.29, 0.717) is 5.92 Å². The summed E-state index contributed by atoms with van der Waals surface area (Å²) >= 11 is 0. The van der Waals surface area contributed by atoms with Gasteiger partial charge >= 0.3 is 0 Å². The van der Waals surface area contributed by atoms with E-state index >= 15 is 0 Å². The molecule has 0 heterocycles. The molecule has 3 heteroatoms. The minimum Gasteiger partial charge on any atom is -0.508 e. The Kier molecular flexibility index (Phi) is 4.63. The Morgan fingerprint density at radius 2 is 1.94 bits per heavy atom. The molecule has 3 N–H and O–H groups in total. The minimum absolute atomic E-state index is 0.168. The van der Waals surface area contributed by atoms with Crippen LogP contribution in [0.2, 0.25) is 0 Å². The van der Waals surface area contributed by atoms with Crippen LogP contribution in [0.25, 0.3) is 0 Å². The fourth-order valence-corrected chi connectivity index (χ4v) is 1.78. The van der Waals surface area contributed by atoms with Crippen LogP contribution in [0.5, 0.6) is 11.5 Å². The number of aromatic hydroxyl groups is 1. The van der Waals surface area contributed by atoms with Crippen LogP contribution in [0.3, 0.4) is 0 Å². The average Bonchev–Trinajstić information content (AvgIpc) is 2.28. The van der Waals surface area contributed by atoms with Crippen LogP contribution in [-0.4, -0.2) is 10.7 Å². The van der Waals surface area contributed by atoms with Gasteiger partial charge in [-0.15, -0.1) is 0 Å². The molecule has 3 nitrogen and oxygen atoms in total. The highest BCUT2D eigenvalue weighted by molar-refractivity contribution is 5.41. The van der Waals surface area contributed by atoms with Crippen molar-refractivity contribution in [2.24, 2.45) is 11.7 Å². The smallest absolute Gasteiger partial charge is 0.120 e. The standard InChI is InChI=1S/C15H25NO2/c1-6-10(2)14(16)12-9-11(7-8-13(12)17)18-15(3,4)5/h7-10,14,17H,6,16H2,1-5H3/t10?,14-/m0/s1. The van der Waals surface area contributed by atoms with Crippen molar-refractivity contribution in [3.63, 3.8) is 0 Å². The van der Waals surface area contributed by atoms with Gasteiger partial charge in [0.25, 0.3) is 0 Å². The SMILES string of the molecule is CCC(C)[C@H](N)c1cc(OC(C)(C)C)ccc1O. The summed E-state index contributed by atoms with van der Waals surface area (Å²) in [6, 6.07) is 5.10. The van der Waals surface area contributed by atoms with Crippen molar-refractivity contribution >= 4 is 0 Å². The topological polar surface area (TPSA) is 55.5 Å². The summed E-state index contributed by atoms with van der Waals surface area (Å²) in [5, 5.41) is 9.91. The van der Waals surface area contributed by atoms with Crippen LogP contribution in [0.1, 0.15) is 52.6 Å². The summed E-state index contributed by atoms with van der Waals surface area (Å²) in [5.41, 5.74) is 6.67. The summed E-state index contributed by atoms with van der Waals surface area (Å²) in [7, 11) is 0. The van der Waals surface area contributed by atoms with E-state index in [0.717, 1.165) is 17.7 Å². The van der Waals surface area contributed by atoms with E-state index in [1.165, 1.54) is 0 Å². The number of phenols is 1. The molecule has 0 spiro atoms. The lowest BCUT2D eigenvalue weighted by molar-refractivity contribution is 0.130. The number of nitrogens with two attached hydrogens (primary N) is 1. The lowest BCUT2D eigenvalue weighted by Gasteiger charge is -2.24. The highest BCUT2D eigenvalue weighted by atomic mass is 16.5. The maximum Gasteiger partial charge on any atom is 0.120 e. The number of hydrogen-bond donors (Lipinski definition) is 2. The van der Waals surface area contributed by atoms with Gasteiger partial charge in [0.2, 0.25) is 0 Å². The third kappa shape index (κ3) is 3.91. The second-order valence-electron chi connectivity index (χ2n) is 5.85. The predicted octanol–water partition coefficient (Wildman–Crippen LogP) is 3.62. The van der Waals surface area contributed by atoms with Crippen molar-refractivity contribution in [1.82, 2.24) is 0 Å². The van der Waals surface area contributed by atoms with E-state index in [2.05, 4.69) is 13.8 Å². The number of benzene rings is 1. The Hall–Kier alpha value is -1.22. The van der Waals surface area contributed by atoms with Gasteiger partial charge in [-0.05, 0) is 44.9 Å². The molecule has 1 aromatic rings. The summed E-state index contributed by atoms with van der Waals surface area (Å²) < 4.78 is 5.79. The molecule has 0 aliphatic heterocycles.